The van der Waals surface area contributed by atoms with E-state index in [9.17, 15) is 9.18 Å². The third-order valence-electron chi connectivity index (χ3n) is 7.16. The predicted octanol–water partition coefficient (Wildman–Crippen LogP) is 2.91. The number of thiazole rings is 1. The molecule has 10 heteroatoms. The molecule has 1 unspecified atom stereocenters. The Labute approximate surface area is 197 Å². The lowest BCUT2D eigenvalue weighted by atomic mass is 9.74. The van der Waals surface area contributed by atoms with Crippen LogP contribution in [0.1, 0.15) is 36.7 Å². The molecule has 0 bridgehead atoms. The van der Waals surface area contributed by atoms with E-state index < -0.39 is 11.9 Å². The van der Waals surface area contributed by atoms with E-state index in [4.69, 9.17) is 0 Å². The molecule has 5 rings (SSSR count). The zero-order valence-corrected chi connectivity index (χ0v) is 19.5. The normalized spacial score (nSPS) is 20.4. The molecule has 8 nitrogen and oxygen atoms in total. The first kappa shape index (κ1) is 22.4. The first-order valence-corrected chi connectivity index (χ1v) is 12.3. The van der Waals surface area contributed by atoms with E-state index in [1.807, 2.05) is 16.7 Å². The molecule has 3 aliphatic rings. The Morgan fingerprint density at radius 1 is 1.30 bits per heavy atom. The molecule has 2 fully saturated rings. The molecule has 0 aliphatic carbocycles. The maximum Gasteiger partial charge on any atom is 0.251 e. The van der Waals surface area contributed by atoms with Crippen molar-refractivity contribution in [1.29, 1.82) is 0 Å². The van der Waals surface area contributed by atoms with Crippen molar-refractivity contribution >= 4 is 22.4 Å². The summed E-state index contributed by atoms with van der Waals surface area (Å²) in [6.45, 7) is 12.1. The fraction of sp³-hybridized carbons (Fsp3) is 0.522. The van der Waals surface area contributed by atoms with Gasteiger partial charge in [0.05, 0.1) is 12.0 Å². The van der Waals surface area contributed by atoms with Gasteiger partial charge in [0.25, 0.3) is 5.91 Å². The summed E-state index contributed by atoms with van der Waals surface area (Å²) in [6.07, 6.45) is 7.43. The number of anilines is 1. The van der Waals surface area contributed by atoms with Crippen LogP contribution in [-0.2, 0) is 17.8 Å². The highest BCUT2D eigenvalue weighted by molar-refractivity contribution is 7.13. The Morgan fingerprint density at radius 3 is 2.73 bits per heavy atom. The fourth-order valence-electron chi connectivity index (χ4n) is 5.09. The Kier molecular flexibility index (Phi) is 6.17. The maximum absolute atomic E-state index is 14.1. The Hall–Kier alpha value is -2.40. The SMILES string of the molecule is C=C(F)C(=C)CN(C(C(=O)Nc1nccs1)c1ncn2c1CCC2)N1CCC2(CC1)CNC2. The topological polar surface area (TPSA) is 78.3 Å². The number of hydrazine groups is 1. The van der Waals surface area contributed by atoms with Gasteiger partial charge in [-0.3, -0.25) is 4.79 Å². The van der Waals surface area contributed by atoms with Crippen molar-refractivity contribution in [3.05, 3.63) is 53.8 Å². The molecule has 2 N–H and O–H groups in total. The summed E-state index contributed by atoms with van der Waals surface area (Å²) >= 11 is 1.37. The number of halogens is 1. The molecule has 1 amide bonds. The van der Waals surface area contributed by atoms with Crippen molar-refractivity contribution in [3.8, 4) is 0 Å². The number of nitrogens with one attached hydrogen (secondary N) is 2. The van der Waals surface area contributed by atoms with Crippen molar-refractivity contribution < 1.29 is 9.18 Å². The lowest BCUT2D eigenvalue weighted by Gasteiger charge is -2.51. The highest BCUT2D eigenvalue weighted by Gasteiger charge is 2.44. The van der Waals surface area contributed by atoms with E-state index in [1.54, 1.807) is 6.20 Å². The van der Waals surface area contributed by atoms with E-state index in [2.05, 4.69) is 43.3 Å². The number of amides is 1. The van der Waals surface area contributed by atoms with Gasteiger partial charge in [-0.05, 0) is 36.7 Å². The van der Waals surface area contributed by atoms with Gasteiger partial charge in [0.2, 0.25) is 0 Å². The molecule has 33 heavy (non-hydrogen) atoms. The quantitative estimate of drug-likeness (QED) is 0.577. The van der Waals surface area contributed by atoms with Gasteiger partial charge in [-0.25, -0.2) is 24.4 Å². The number of aromatic nitrogens is 3. The average Bonchev–Trinajstić information content (AvgIpc) is 3.52. The number of rotatable bonds is 8. The minimum atomic E-state index is -0.715. The number of hydrogen-bond acceptors (Lipinski definition) is 7. The minimum absolute atomic E-state index is 0.169. The van der Waals surface area contributed by atoms with Crippen LogP contribution in [0.2, 0.25) is 0 Å². The summed E-state index contributed by atoms with van der Waals surface area (Å²) in [6, 6.07) is -0.715. The van der Waals surface area contributed by atoms with Crippen LogP contribution in [0.5, 0.6) is 0 Å². The highest BCUT2D eigenvalue weighted by Crippen LogP contribution is 2.38. The molecule has 3 aliphatic heterocycles. The van der Waals surface area contributed by atoms with Crippen molar-refractivity contribution in [1.82, 2.24) is 29.9 Å². The summed E-state index contributed by atoms with van der Waals surface area (Å²) in [7, 11) is 0. The Morgan fingerprint density at radius 2 is 2.09 bits per heavy atom. The van der Waals surface area contributed by atoms with Crippen LogP contribution in [-0.4, -0.2) is 63.2 Å². The number of piperidine rings is 1. The highest BCUT2D eigenvalue weighted by atomic mass is 32.1. The van der Waals surface area contributed by atoms with Crippen molar-refractivity contribution in [2.75, 3.05) is 38.0 Å². The second-order valence-corrected chi connectivity index (χ2v) is 10.2. The van der Waals surface area contributed by atoms with Crippen LogP contribution in [0.3, 0.4) is 0 Å². The van der Waals surface area contributed by atoms with Crippen LogP contribution in [0.15, 0.2) is 42.5 Å². The van der Waals surface area contributed by atoms with Crippen LogP contribution >= 0.6 is 11.3 Å². The molecule has 5 heterocycles. The predicted molar refractivity (Wildman–Crippen MR) is 126 cm³/mol. The molecule has 1 spiro atoms. The molecule has 0 saturated carbocycles. The van der Waals surface area contributed by atoms with Gasteiger partial charge < -0.3 is 15.2 Å². The van der Waals surface area contributed by atoms with Crippen molar-refractivity contribution in [3.63, 3.8) is 0 Å². The van der Waals surface area contributed by atoms with Crippen molar-refractivity contribution in [2.24, 2.45) is 5.41 Å². The number of hydrogen-bond donors (Lipinski definition) is 2. The van der Waals surface area contributed by atoms with Gasteiger partial charge in [-0.2, -0.15) is 0 Å². The third-order valence-corrected chi connectivity index (χ3v) is 7.85. The molecule has 176 valence electrons. The number of nitrogens with zero attached hydrogens (tertiary/aromatic N) is 5. The lowest BCUT2D eigenvalue weighted by molar-refractivity contribution is -0.138. The van der Waals surface area contributed by atoms with E-state index in [1.165, 1.54) is 11.3 Å². The van der Waals surface area contributed by atoms with Gasteiger partial charge in [-0.1, -0.05) is 13.2 Å². The van der Waals surface area contributed by atoms with Crippen LogP contribution < -0.4 is 10.6 Å². The first-order chi connectivity index (χ1) is 16.0. The van der Waals surface area contributed by atoms with Crippen molar-refractivity contribution in [2.45, 2.75) is 38.3 Å². The van der Waals surface area contributed by atoms with Crippen LogP contribution in [0.25, 0.3) is 0 Å². The summed E-state index contributed by atoms with van der Waals surface area (Å²) in [5.74, 6) is -0.785. The third kappa shape index (κ3) is 4.40. The van der Waals surface area contributed by atoms with Gasteiger partial charge in [0, 0.05) is 56.5 Å². The monoisotopic (exact) mass is 471 g/mol. The minimum Gasteiger partial charge on any atom is -0.334 e. The molecule has 2 aromatic rings. The summed E-state index contributed by atoms with van der Waals surface area (Å²) in [5.41, 5.74) is 2.41. The number of carbonyl (C=O) groups is 1. The van der Waals surface area contributed by atoms with Gasteiger partial charge in [0.1, 0.15) is 11.9 Å². The molecule has 0 radical (unpaired) electrons. The van der Waals surface area contributed by atoms with Gasteiger partial charge >= 0.3 is 0 Å². The molecule has 2 saturated heterocycles. The zero-order valence-electron chi connectivity index (χ0n) is 18.7. The molecule has 2 aromatic heterocycles. The Balaban J connectivity index is 1.49. The summed E-state index contributed by atoms with van der Waals surface area (Å²) < 4.78 is 16.2. The fourth-order valence-corrected chi connectivity index (χ4v) is 5.62. The largest absolute Gasteiger partial charge is 0.334 e. The smallest absolute Gasteiger partial charge is 0.251 e. The standard InChI is InChI=1S/C23H30FN7OS/c1-16(17(2)24)12-31(30-9-5-23(6-10-30)13-25-14-23)20(21(32)28-22-26-7-11-33-22)19-18-4-3-8-29(18)15-27-19/h7,11,15,20,25H,1-6,8-10,12-14H2,(H,26,28,32). The van der Waals surface area contributed by atoms with E-state index in [-0.39, 0.29) is 18.0 Å². The van der Waals surface area contributed by atoms with E-state index in [0.717, 1.165) is 69.8 Å². The van der Waals surface area contributed by atoms with Gasteiger partial charge in [-0.15, -0.1) is 11.3 Å². The molecule has 1 atom stereocenters. The maximum atomic E-state index is 14.1. The zero-order chi connectivity index (χ0) is 23.0. The van der Waals surface area contributed by atoms with Gasteiger partial charge in [0.15, 0.2) is 5.13 Å². The summed E-state index contributed by atoms with van der Waals surface area (Å²) in [5, 5.41) is 12.8. The summed E-state index contributed by atoms with van der Waals surface area (Å²) in [4.78, 5) is 22.6. The molecule has 0 aromatic carbocycles. The van der Waals surface area contributed by atoms with E-state index >= 15 is 0 Å². The first-order valence-electron chi connectivity index (χ1n) is 11.4. The lowest BCUT2D eigenvalue weighted by Crippen LogP contribution is -2.61. The number of carbonyl (C=O) groups excluding carboxylic acids is 1. The van der Waals surface area contributed by atoms with Crippen LogP contribution in [0.4, 0.5) is 9.52 Å². The van der Waals surface area contributed by atoms with Crippen LogP contribution in [0, 0.1) is 5.41 Å². The second kappa shape index (κ2) is 9.09. The molecular formula is C23H30FN7OS. The average molecular weight is 472 g/mol. The number of fused-ring (bicyclic) bond motifs is 1. The number of imidazole rings is 1. The molecular weight excluding hydrogens is 441 g/mol. The second-order valence-electron chi connectivity index (χ2n) is 9.27. The Bertz CT molecular complexity index is 1040. The van der Waals surface area contributed by atoms with E-state index in [0.29, 0.717) is 10.5 Å². The number of aryl methyl sites for hydroxylation is 1.